The van der Waals surface area contributed by atoms with Crippen LogP contribution in [0.4, 0.5) is 0 Å². The Bertz CT molecular complexity index is 244. The van der Waals surface area contributed by atoms with Crippen LogP contribution in [-0.2, 0) is 9.84 Å². The van der Waals surface area contributed by atoms with E-state index in [1.807, 2.05) is 6.92 Å². The molecule has 0 aliphatic rings. The van der Waals surface area contributed by atoms with Gasteiger partial charge in [-0.2, -0.15) is 0 Å². The summed E-state index contributed by atoms with van der Waals surface area (Å²) >= 11 is 0. The van der Waals surface area contributed by atoms with Crippen LogP contribution in [-0.4, -0.2) is 33.0 Å². The Morgan fingerprint density at radius 3 is 2.54 bits per heavy atom. The summed E-state index contributed by atoms with van der Waals surface area (Å²) in [6.07, 6.45) is 0.684. The van der Waals surface area contributed by atoms with Gasteiger partial charge in [-0.25, -0.2) is 8.42 Å². The largest absolute Gasteiger partial charge is 0.313 e. The lowest BCUT2D eigenvalue weighted by Crippen LogP contribution is -2.20. The predicted molar refractivity (Wildman–Crippen MR) is 56.6 cm³/mol. The van der Waals surface area contributed by atoms with E-state index in [1.165, 1.54) is 0 Å². The first-order valence-corrected chi connectivity index (χ1v) is 6.35. The van der Waals surface area contributed by atoms with Crippen molar-refractivity contribution in [2.24, 2.45) is 0 Å². The zero-order valence-electron chi connectivity index (χ0n) is 8.47. The first-order chi connectivity index (χ1) is 5.98. The maximum Gasteiger partial charge on any atom is 0.150 e. The van der Waals surface area contributed by atoms with Crippen molar-refractivity contribution in [3.63, 3.8) is 0 Å². The molecule has 0 saturated carbocycles. The summed E-state index contributed by atoms with van der Waals surface area (Å²) in [4.78, 5) is 0. The van der Waals surface area contributed by atoms with Gasteiger partial charge in [0.05, 0.1) is 5.75 Å². The van der Waals surface area contributed by atoms with Gasteiger partial charge in [0.1, 0.15) is 9.84 Å². The van der Waals surface area contributed by atoms with E-state index in [9.17, 15) is 8.42 Å². The SMILES string of the molecule is C=C(C)CNCCCS(=O)(=O)CC. The fraction of sp³-hybridized carbons (Fsp3) is 0.778. The second-order valence-corrected chi connectivity index (χ2v) is 5.70. The van der Waals surface area contributed by atoms with Gasteiger partial charge in [0.2, 0.25) is 0 Å². The molecule has 0 aliphatic carbocycles. The van der Waals surface area contributed by atoms with Gasteiger partial charge in [0.25, 0.3) is 0 Å². The normalized spacial score (nSPS) is 11.5. The highest BCUT2D eigenvalue weighted by Crippen LogP contribution is 1.92. The number of rotatable bonds is 7. The Labute approximate surface area is 81.1 Å². The van der Waals surface area contributed by atoms with Crippen molar-refractivity contribution in [1.29, 1.82) is 0 Å². The van der Waals surface area contributed by atoms with Crippen molar-refractivity contribution in [3.8, 4) is 0 Å². The van der Waals surface area contributed by atoms with Crippen LogP contribution < -0.4 is 5.32 Å². The van der Waals surface area contributed by atoms with E-state index in [4.69, 9.17) is 0 Å². The fourth-order valence-corrected chi connectivity index (χ4v) is 1.74. The van der Waals surface area contributed by atoms with Crippen LogP contribution in [0.3, 0.4) is 0 Å². The van der Waals surface area contributed by atoms with Gasteiger partial charge >= 0.3 is 0 Å². The maximum atomic E-state index is 11.1. The standard InChI is InChI=1S/C9H19NO2S/c1-4-13(11,12)7-5-6-10-8-9(2)3/h10H,2,4-8H2,1,3H3. The minimum absolute atomic E-state index is 0.244. The minimum atomic E-state index is -2.78. The van der Waals surface area contributed by atoms with E-state index >= 15 is 0 Å². The molecule has 0 atom stereocenters. The fourth-order valence-electron chi connectivity index (χ4n) is 0.863. The Morgan fingerprint density at radius 2 is 2.08 bits per heavy atom. The molecule has 3 nitrogen and oxygen atoms in total. The third-order valence-corrected chi connectivity index (χ3v) is 3.47. The molecule has 0 radical (unpaired) electrons. The Kier molecular flexibility index (Phi) is 5.99. The smallest absolute Gasteiger partial charge is 0.150 e. The zero-order valence-corrected chi connectivity index (χ0v) is 9.28. The van der Waals surface area contributed by atoms with Gasteiger partial charge in [-0.15, -0.1) is 0 Å². The highest BCUT2D eigenvalue weighted by molar-refractivity contribution is 7.91. The summed E-state index contributed by atoms with van der Waals surface area (Å²) in [6, 6.07) is 0. The lowest BCUT2D eigenvalue weighted by molar-refractivity contribution is 0.591. The van der Waals surface area contributed by atoms with Gasteiger partial charge < -0.3 is 5.32 Å². The van der Waals surface area contributed by atoms with Crippen molar-refractivity contribution in [3.05, 3.63) is 12.2 Å². The van der Waals surface area contributed by atoms with Gasteiger partial charge in [-0.05, 0) is 19.9 Å². The number of sulfone groups is 1. The average molecular weight is 205 g/mol. The molecule has 0 fully saturated rings. The van der Waals surface area contributed by atoms with Crippen molar-refractivity contribution in [1.82, 2.24) is 5.32 Å². The highest BCUT2D eigenvalue weighted by atomic mass is 32.2. The first kappa shape index (κ1) is 12.7. The average Bonchev–Trinajstić information content (AvgIpc) is 2.03. The van der Waals surface area contributed by atoms with Gasteiger partial charge in [-0.1, -0.05) is 19.1 Å². The third kappa shape index (κ3) is 7.99. The van der Waals surface area contributed by atoms with Crippen molar-refractivity contribution < 1.29 is 8.42 Å². The maximum absolute atomic E-state index is 11.1. The van der Waals surface area contributed by atoms with Crippen LogP contribution in [0.25, 0.3) is 0 Å². The van der Waals surface area contributed by atoms with E-state index in [-0.39, 0.29) is 11.5 Å². The molecule has 0 unspecified atom stereocenters. The molecule has 0 amide bonds. The van der Waals surface area contributed by atoms with Crippen LogP contribution in [0.15, 0.2) is 12.2 Å². The molecule has 0 heterocycles. The van der Waals surface area contributed by atoms with Gasteiger partial charge in [0, 0.05) is 12.3 Å². The number of hydrogen-bond acceptors (Lipinski definition) is 3. The van der Waals surface area contributed by atoms with Crippen LogP contribution in [0.1, 0.15) is 20.3 Å². The number of hydrogen-bond donors (Lipinski definition) is 1. The summed E-state index contributed by atoms with van der Waals surface area (Å²) in [7, 11) is -2.78. The van der Waals surface area contributed by atoms with Crippen molar-refractivity contribution >= 4 is 9.84 Å². The van der Waals surface area contributed by atoms with Crippen LogP contribution in [0, 0.1) is 0 Å². The Morgan fingerprint density at radius 1 is 1.46 bits per heavy atom. The lowest BCUT2D eigenvalue weighted by atomic mass is 10.3. The summed E-state index contributed by atoms with van der Waals surface area (Å²) < 4.78 is 22.1. The van der Waals surface area contributed by atoms with Crippen LogP contribution in [0.5, 0.6) is 0 Å². The number of nitrogens with one attached hydrogen (secondary N) is 1. The van der Waals surface area contributed by atoms with Gasteiger partial charge in [0.15, 0.2) is 0 Å². The van der Waals surface area contributed by atoms with E-state index in [0.717, 1.165) is 18.7 Å². The first-order valence-electron chi connectivity index (χ1n) is 4.53. The van der Waals surface area contributed by atoms with Gasteiger partial charge in [-0.3, -0.25) is 0 Å². The topological polar surface area (TPSA) is 46.2 Å². The molecule has 78 valence electrons. The molecule has 0 saturated heterocycles. The van der Waals surface area contributed by atoms with E-state index in [0.29, 0.717) is 6.42 Å². The molecule has 0 aromatic rings. The summed E-state index contributed by atoms with van der Waals surface area (Å²) in [5.41, 5.74) is 1.07. The van der Waals surface area contributed by atoms with Crippen LogP contribution >= 0.6 is 0 Å². The molecule has 0 aromatic heterocycles. The molecule has 0 bridgehead atoms. The molecular formula is C9H19NO2S. The second kappa shape index (κ2) is 6.16. The van der Waals surface area contributed by atoms with E-state index in [1.54, 1.807) is 6.92 Å². The van der Waals surface area contributed by atoms with Crippen molar-refractivity contribution in [2.45, 2.75) is 20.3 Å². The van der Waals surface area contributed by atoms with Crippen LogP contribution in [0.2, 0.25) is 0 Å². The van der Waals surface area contributed by atoms with Crippen molar-refractivity contribution in [2.75, 3.05) is 24.6 Å². The molecule has 4 heteroatoms. The molecular weight excluding hydrogens is 186 g/mol. The lowest BCUT2D eigenvalue weighted by Gasteiger charge is -2.03. The summed E-state index contributed by atoms with van der Waals surface area (Å²) in [5, 5.41) is 3.12. The molecule has 0 rings (SSSR count). The molecule has 1 N–H and O–H groups in total. The molecule has 0 aromatic carbocycles. The predicted octanol–water partition coefficient (Wildman–Crippen LogP) is 0.977. The molecule has 0 spiro atoms. The molecule has 0 aliphatic heterocycles. The Hall–Kier alpha value is -0.350. The Balaban J connectivity index is 3.42. The monoisotopic (exact) mass is 205 g/mol. The van der Waals surface area contributed by atoms with E-state index in [2.05, 4.69) is 11.9 Å². The highest BCUT2D eigenvalue weighted by Gasteiger charge is 2.05. The quantitative estimate of drug-likeness (QED) is 0.498. The summed E-state index contributed by atoms with van der Waals surface area (Å²) in [5.74, 6) is 0.528. The summed E-state index contributed by atoms with van der Waals surface area (Å²) in [6.45, 7) is 8.87. The third-order valence-electron chi connectivity index (χ3n) is 1.68. The minimum Gasteiger partial charge on any atom is -0.313 e. The zero-order chi connectivity index (χ0) is 10.3. The molecule has 13 heavy (non-hydrogen) atoms. The van der Waals surface area contributed by atoms with E-state index < -0.39 is 9.84 Å². The second-order valence-electron chi connectivity index (χ2n) is 3.22.